The smallest absolute Gasteiger partial charge is 0.335 e. The van der Waals surface area contributed by atoms with E-state index < -0.39 is 193 Å². The number of hydrogen-bond donors (Lipinski definition) is 12. The Kier molecular flexibility index (Phi) is 16.8. The second-order valence-electron chi connectivity index (χ2n) is 24.6. The third kappa shape index (κ3) is 9.28. The van der Waals surface area contributed by atoms with Gasteiger partial charge in [-0.3, -0.25) is 9.59 Å². The summed E-state index contributed by atoms with van der Waals surface area (Å²) in [7, 11) is 1.48. The van der Waals surface area contributed by atoms with Crippen molar-refractivity contribution >= 4 is 17.9 Å². The zero-order chi connectivity index (χ0) is 56.2. The molecular weight excluding hydrogens is 1010 g/mol. The largest absolute Gasteiger partial charge is 0.479 e. The fraction of sp³-hybridized carbons (Fsp3) is 0.904. The van der Waals surface area contributed by atoms with Crippen molar-refractivity contribution in [2.75, 3.05) is 26.9 Å². The molecule has 3 heterocycles. The van der Waals surface area contributed by atoms with E-state index in [1.165, 1.54) is 21.0 Å². The maximum absolute atomic E-state index is 13.1. The molecule has 434 valence electrons. The normalized spacial score (nSPS) is 51.9. The topological polar surface area (TPSA) is 377 Å². The molecule has 4 saturated carbocycles. The first-order valence-corrected chi connectivity index (χ1v) is 26.5. The molecule has 8 rings (SSSR count). The average Bonchev–Trinajstić information content (AvgIpc) is 3.44. The zero-order valence-electron chi connectivity index (χ0n) is 44.6. The number of fused-ring (bicyclic) bond motifs is 7. The minimum atomic E-state index is -2.16. The summed E-state index contributed by atoms with van der Waals surface area (Å²) < 4.78 is 54.2. The molecular formula is C52H82O24. The van der Waals surface area contributed by atoms with E-state index in [9.17, 15) is 75.7 Å². The molecule has 24 nitrogen and oxygen atoms in total. The lowest BCUT2D eigenvalue weighted by Crippen LogP contribution is -2.75. The quantitative estimate of drug-likeness (QED) is 0.0547. The highest BCUT2D eigenvalue weighted by atomic mass is 16.8. The molecule has 0 radical (unpaired) electrons. The van der Waals surface area contributed by atoms with Crippen molar-refractivity contribution in [2.24, 2.45) is 44.8 Å². The number of carboxylic acids is 1. The van der Waals surface area contributed by atoms with Crippen molar-refractivity contribution in [1.29, 1.82) is 0 Å². The summed E-state index contributed by atoms with van der Waals surface area (Å²) in [5.74, 6) is -3.69. The number of carboxylic acid groups (broad SMARTS) is 1. The highest BCUT2D eigenvalue weighted by Gasteiger charge is 2.75. The molecule has 0 unspecified atom stereocenters. The number of carbonyl (C=O) groups excluding carboxylic acids is 2. The molecule has 0 aromatic rings. The first-order valence-electron chi connectivity index (χ1n) is 26.5. The fourth-order valence-electron chi connectivity index (χ4n) is 16.0. The predicted octanol–water partition coefficient (Wildman–Crippen LogP) is -1.86. The second kappa shape index (κ2) is 21.4. The Morgan fingerprint density at radius 1 is 0.645 bits per heavy atom. The number of hydrogen-bond acceptors (Lipinski definition) is 23. The molecule has 0 spiro atoms. The molecule has 3 aliphatic heterocycles. The molecule has 0 aromatic carbocycles. The maximum Gasteiger partial charge on any atom is 0.335 e. The molecule has 0 aromatic heterocycles. The van der Waals surface area contributed by atoms with Gasteiger partial charge in [-0.2, -0.15) is 0 Å². The lowest BCUT2D eigenvalue weighted by molar-refractivity contribution is -0.392. The Bertz CT molecular complexity index is 2160. The van der Waals surface area contributed by atoms with Gasteiger partial charge in [-0.05, 0) is 73.0 Å². The Balaban J connectivity index is 1.12. The van der Waals surface area contributed by atoms with Gasteiger partial charge in [0.15, 0.2) is 31.1 Å². The predicted molar refractivity (Wildman–Crippen MR) is 255 cm³/mol. The van der Waals surface area contributed by atoms with Crippen LogP contribution in [0.1, 0.15) is 100 Å². The summed E-state index contributed by atoms with van der Waals surface area (Å²) in [6.07, 6.45) is -27.5. The van der Waals surface area contributed by atoms with Crippen LogP contribution in [0.4, 0.5) is 0 Å². The summed E-state index contributed by atoms with van der Waals surface area (Å²) in [5.41, 5.74) is -3.90. The molecule has 24 heteroatoms. The molecule has 76 heavy (non-hydrogen) atoms. The maximum atomic E-state index is 13.1. The van der Waals surface area contributed by atoms with Crippen LogP contribution in [0.3, 0.4) is 0 Å². The number of carbonyl (C=O) groups is 3. The molecule has 8 aliphatic rings. The first kappa shape index (κ1) is 59.5. The Morgan fingerprint density at radius 3 is 1.71 bits per heavy atom. The number of rotatable bonds is 13. The number of allylic oxidation sites excluding steroid dienone is 1. The SMILES string of the molecule is CO[C@@]12[C@H](O)C[C@]3(C)C(=CC[C@@H]4[C@@]5(C)CC[C@H](O[C@@H]6O[C@H](C(=O)O)[C@@H](O[C@@H]7O[C@H](CO)[C@@H](O)[C@H](O)[C@H]7O)[C@H](O)[C@H]6O[C@@H]6O[C@H](CO)[C@@H](O)[C@H](O)[C@H]6O)[C@](C)(CO)[C@@H]5CC[C@]43C)[C@@H]1CC(C)(C)[C@@H](OC(C)=O)[C@@H]2OC(C)=O. The average molecular weight is 1090 g/mol. The lowest BCUT2D eigenvalue weighted by Gasteiger charge is -2.72. The van der Waals surface area contributed by atoms with Crippen molar-refractivity contribution in [3.05, 3.63) is 11.6 Å². The fourth-order valence-corrected chi connectivity index (χ4v) is 16.0. The van der Waals surface area contributed by atoms with Crippen LogP contribution in [0.2, 0.25) is 0 Å². The van der Waals surface area contributed by atoms with Crippen LogP contribution in [0.15, 0.2) is 11.6 Å². The van der Waals surface area contributed by atoms with Gasteiger partial charge in [-0.25, -0.2) is 4.79 Å². The van der Waals surface area contributed by atoms with E-state index in [0.29, 0.717) is 32.1 Å². The molecule has 0 bridgehead atoms. The van der Waals surface area contributed by atoms with Crippen LogP contribution in [0, 0.1) is 44.8 Å². The molecule has 7 fully saturated rings. The molecule has 27 atom stereocenters. The van der Waals surface area contributed by atoms with Crippen LogP contribution in [0.5, 0.6) is 0 Å². The first-order chi connectivity index (χ1) is 35.5. The van der Waals surface area contributed by atoms with Gasteiger partial charge in [0.1, 0.15) is 78.8 Å². The summed E-state index contributed by atoms with van der Waals surface area (Å²) in [4.78, 5) is 38.5. The van der Waals surface area contributed by atoms with Crippen molar-refractivity contribution in [2.45, 2.75) is 222 Å². The number of aliphatic carboxylic acids is 1. The van der Waals surface area contributed by atoms with E-state index in [1.54, 1.807) is 0 Å². The van der Waals surface area contributed by atoms with Crippen LogP contribution in [-0.4, -0.2) is 228 Å². The van der Waals surface area contributed by atoms with E-state index in [-0.39, 0.29) is 24.7 Å². The standard InChI is InChI=1S/C52H82O24/c1-21(56)69-41-42(70-22(2)57)52(68-9)24(16-47(41,3)4)23-10-11-28-48(5)14-13-30(49(6,20-55)27(48)12-15-50(28,7)51(23,8)17-29(52)58)73-46-39(75-45-36(64)34(62)32(60)26(19-54)72-45)37(65)38(40(76-46)43(66)67)74-44-35(63)33(61)31(59)25(18-53)71-44/h10,24-42,44-46,53-55,58-65H,11-20H2,1-9H3,(H,66,67)/t24-,25+,26+,27+,28+,29+,30-,31+,32+,33-,34-,35+,36+,37-,38-,39+,40-,41-,42-,44-,45-,46+,48-,49+,50+,51+,52+/m0/s1. The van der Waals surface area contributed by atoms with Gasteiger partial charge in [-0.15, -0.1) is 0 Å². The van der Waals surface area contributed by atoms with Crippen molar-refractivity contribution in [1.82, 2.24) is 0 Å². The van der Waals surface area contributed by atoms with E-state index >= 15 is 0 Å². The summed E-state index contributed by atoms with van der Waals surface area (Å²) in [5, 5.41) is 131. The monoisotopic (exact) mass is 1090 g/mol. The van der Waals surface area contributed by atoms with Gasteiger partial charge in [0, 0.05) is 37.7 Å². The lowest BCUT2D eigenvalue weighted by atomic mass is 9.33. The van der Waals surface area contributed by atoms with Gasteiger partial charge < -0.3 is 104 Å². The number of aliphatic hydroxyl groups is 11. The summed E-state index contributed by atoms with van der Waals surface area (Å²) in [6.45, 7) is 12.8. The van der Waals surface area contributed by atoms with E-state index in [0.717, 1.165) is 5.57 Å². The van der Waals surface area contributed by atoms with E-state index in [2.05, 4.69) is 26.8 Å². The highest BCUT2D eigenvalue weighted by Crippen LogP contribution is 2.75. The van der Waals surface area contributed by atoms with Gasteiger partial charge in [0.05, 0.1) is 32.0 Å². The van der Waals surface area contributed by atoms with Crippen LogP contribution >= 0.6 is 0 Å². The van der Waals surface area contributed by atoms with Gasteiger partial charge in [0.25, 0.3) is 0 Å². The minimum absolute atomic E-state index is 0.0528. The summed E-state index contributed by atoms with van der Waals surface area (Å²) in [6, 6.07) is 0. The molecule has 0 amide bonds. The van der Waals surface area contributed by atoms with E-state index in [4.69, 9.17) is 42.6 Å². The van der Waals surface area contributed by atoms with Gasteiger partial charge >= 0.3 is 17.9 Å². The number of ether oxygens (including phenoxy) is 9. The van der Waals surface area contributed by atoms with Crippen LogP contribution in [-0.2, 0) is 57.0 Å². The van der Waals surface area contributed by atoms with Crippen molar-refractivity contribution in [3.63, 3.8) is 0 Å². The molecule has 3 saturated heterocycles. The molecule has 5 aliphatic carbocycles. The minimum Gasteiger partial charge on any atom is -0.479 e. The van der Waals surface area contributed by atoms with Crippen LogP contribution in [0.25, 0.3) is 0 Å². The number of aliphatic hydroxyl groups excluding tert-OH is 11. The number of methoxy groups -OCH3 is 1. The van der Waals surface area contributed by atoms with Crippen LogP contribution < -0.4 is 0 Å². The third-order valence-corrected chi connectivity index (χ3v) is 20.1. The van der Waals surface area contributed by atoms with Gasteiger partial charge in [0.2, 0.25) is 0 Å². The van der Waals surface area contributed by atoms with Crippen molar-refractivity contribution in [3.8, 4) is 0 Å². The van der Waals surface area contributed by atoms with Crippen molar-refractivity contribution < 1.29 is 118 Å². The molecule has 12 N–H and O–H groups in total. The summed E-state index contributed by atoms with van der Waals surface area (Å²) >= 11 is 0. The van der Waals surface area contributed by atoms with Gasteiger partial charge in [-0.1, -0.05) is 53.2 Å². The third-order valence-electron chi connectivity index (χ3n) is 20.1. The Labute approximate surface area is 441 Å². The Morgan fingerprint density at radius 2 is 1.20 bits per heavy atom. The highest BCUT2D eigenvalue weighted by molar-refractivity contribution is 5.73. The zero-order valence-corrected chi connectivity index (χ0v) is 44.6. The number of esters is 2. The second-order valence-corrected chi connectivity index (χ2v) is 24.6. The van der Waals surface area contributed by atoms with E-state index in [1.807, 2.05) is 20.8 Å². The Hall–Kier alpha value is -2.57.